The Labute approximate surface area is 150 Å². The Hall–Kier alpha value is -3.35. The zero-order valence-electron chi connectivity index (χ0n) is 14.3. The number of hydrogen-bond acceptors (Lipinski definition) is 4. The Balaban J connectivity index is 1.92. The van der Waals surface area contributed by atoms with E-state index in [4.69, 9.17) is 0 Å². The van der Waals surface area contributed by atoms with Crippen molar-refractivity contribution >= 4 is 23.2 Å². The van der Waals surface area contributed by atoms with Crippen LogP contribution in [-0.4, -0.2) is 22.4 Å². The van der Waals surface area contributed by atoms with Crippen molar-refractivity contribution in [2.45, 2.75) is 13.8 Å². The van der Waals surface area contributed by atoms with E-state index in [2.05, 4.69) is 10.3 Å². The number of nitrogens with one attached hydrogen (secondary N) is 1. The van der Waals surface area contributed by atoms with Gasteiger partial charge in [0, 0.05) is 23.8 Å². The zero-order chi connectivity index (χ0) is 18.8. The van der Waals surface area contributed by atoms with E-state index in [9.17, 15) is 19.7 Å². The predicted octanol–water partition coefficient (Wildman–Crippen LogP) is 2.96. The minimum absolute atomic E-state index is 0.0622. The van der Waals surface area contributed by atoms with E-state index in [-0.39, 0.29) is 29.0 Å². The van der Waals surface area contributed by atoms with Gasteiger partial charge in [-0.3, -0.25) is 19.7 Å². The zero-order valence-corrected chi connectivity index (χ0v) is 14.3. The van der Waals surface area contributed by atoms with Crippen molar-refractivity contribution in [3.8, 4) is 0 Å². The molecular weight excluding hydrogens is 334 g/mol. The van der Waals surface area contributed by atoms with Gasteiger partial charge >= 0.3 is 0 Å². The molecule has 2 aliphatic rings. The van der Waals surface area contributed by atoms with Gasteiger partial charge in [0.15, 0.2) is 0 Å². The molecule has 0 radical (unpaired) electrons. The molecule has 0 fully saturated rings. The maximum Gasteiger partial charge on any atom is 0.284 e. The topological polar surface area (TPSA) is 102 Å². The smallest absolute Gasteiger partial charge is 0.284 e. The van der Waals surface area contributed by atoms with Crippen LogP contribution in [0.25, 0.3) is 0 Å². The number of benzene rings is 1. The monoisotopic (exact) mass is 351 g/mol. The van der Waals surface area contributed by atoms with E-state index in [1.54, 1.807) is 24.3 Å². The summed E-state index contributed by atoms with van der Waals surface area (Å²) in [7, 11) is 0. The third-order valence-corrected chi connectivity index (χ3v) is 4.25. The van der Waals surface area contributed by atoms with Crippen LogP contribution >= 0.6 is 0 Å². The van der Waals surface area contributed by atoms with Gasteiger partial charge in [-0.25, -0.2) is 4.99 Å². The summed E-state index contributed by atoms with van der Waals surface area (Å²) in [5.41, 5.74) is 1.61. The molecule has 7 heteroatoms. The third-order valence-electron chi connectivity index (χ3n) is 4.25. The lowest BCUT2D eigenvalue weighted by molar-refractivity contribution is -0.385. The molecule has 1 aromatic carbocycles. The van der Waals surface area contributed by atoms with Crippen molar-refractivity contribution in [2.75, 3.05) is 0 Å². The highest BCUT2D eigenvalue weighted by Crippen LogP contribution is 2.31. The van der Waals surface area contributed by atoms with Gasteiger partial charge in [-0.1, -0.05) is 32.1 Å². The Morgan fingerprint density at radius 2 is 2.00 bits per heavy atom. The van der Waals surface area contributed by atoms with E-state index in [0.29, 0.717) is 11.4 Å². The Bertz CT molecular complexity index is 922. The molecule has 0 aromatic heterocycles. The molecule has 2 amide bonds. The average molecular weight is 351 g/mol. The number of fused-ring (bicyclic) bond motifs is 1. The summed E-state index contributed by atoms with van der Waals surface area (Å²) in [5.74, 6) is -0.774. The molecule has 1 N–H and O–H groups in total. The van der Waals surface area contributed by atoms with Crippen LogP contribution < -0.4 is 5.32 Å². The first-order chi connectivity index (χ1) is 12.4. The minimum atomic E-state index is -0.700. The summed E-state index contributed by atoms with van der Waals surface area (Å²) in [4.78, 5) is 38.7. The number of nitro groups is 1. The van der Waals surface area contributed by atoms with Gasteiger partial charge in [-0.05, 0) is 29.7 Å². The second-order valence-electron chi connectivity index (χ2n) is 6.34. The lowest BCUT2D eigenvalue weighted by Crippen LogP contribution is -2.34. The van der Waals surface area contributed by atoms with Gasteiger partial charge in [0.25, 0.3) is 11.6 Å². The summed E-state index contributed by atoms with van der Waals surface area (Å²) < 4.78 is 0. The second kappa shape index (κ2) is 6.87. The third kappa shape index (κ3) is 3.37. The van der Waals surface area contributed by atoms with Crippen LogP contribution in [0.1, 0.15) is 24.2 Å². The fraction of sp³-hybridized carbons (Fsp3) is 0.211. The number of amides is 2. The van der Waals surface area contributed by atoms with E-state index in [0.717, 1.165) is 5.57 Å². The number of hydrogen-bond donors (Lipinski definition) is 1. The van der Waals surface area contributed by atoms with Gasteiger partial charge in [0.2, 0.25) is 5.91 Å². The molecule has 0 saturated heterocycles. The van der Waals surface area contributed by atoms with Gasteiger partial charge in [-0.15, -0.1) is 0 Å². The first-order valence-electron chi connectivity index (χ1n) is 8.15. The number of rotatable bonds is 3. The van der Waals surface area contributed by atoms with Crippen LogP contribution in [0.4, 0.5) is 5.69 Å². The summed E-state index contributed by atoms with van der Waals surface area (Å²) >= 11 is 0. The molecule has 1 atom stereocenters. The van der Waals surface area contributed by atoms with Gasteiger partial charge < -0.3 is 5.32 Å². The van der Waals surface area contributed by atoms with Crippen molar-refractivity contribution in [3.05, 3.63) is 75.5 Å². The Morgan fingerprint density at radius 1 is 1.27 bits per heavy atom. The first-order valence-corrected chi connectivity index (χ1v) is 8.15. The maximum absolute atomic E-state index is 12.4. The number of carbonyl (C=O) groups excluding carboxylic acids is 2. The van der Waals surface area contributed by atoms with Crippen molar-refractivity contribution in [1.82, 2.24) is 5.32 Å². The van der Waals surface area contributed by atoms with Crippen LogP contribution in [0.2, 0.25) is 0 Å². The number of aliphatic imine (C=N–C) groups is 1. The molecule has 1 aliphatic carbocycles. The Morgan fingerprint density at radius 3 is 2.69 bits per heavy atom. The summed E-state index contributed by atoms with van der Waals surface area (Å²) in [6.07, 6.45) is 6.78. The van der Waals surface area contributed by atoms with Crippen LogP contribution in [-0.2, 0) is 4.79 Å². The fourth-order valence-electron chi connectivity index (χ4n) is 3.01. The van der Waals surface area contributed by atoms with Gasteiger partial charge in [-0.2, -0.15) is 0 Å². The number of para-hydroxylation sites is 1. The van der Waals surface area contributed by atoms with Crippen molar-refractivity contribution in [2.24, 2.45) is 16.8 Å². The summed E-state index contributed by atoms with van der Waals surface area (Å²) in [6, 6.07) is 5.67. The van der Waals surface area contributed by atoms with Crippen molar-refractivity contribution in [1.29, 1.82) is 0 Å². The van der Waals surface area contributed by atoms with Gasteiger partial charge in [0.1, 0.15) is 5.56 Å². The molecule has 0 saturated carbocycles. The van der Waals surface area contributed by atoms with E-state index in [1.807, 2.05) is 19.9 Å². The normalized spacial score (nSPS) is 20.3. The quantitative estimate of drug-likeness (QED) is 0.668. The highest BCUT2D eigenvalue weighted by atomic mass is 16.6. The number of nitrogens with zero attached hydrogens (tertiary/aromatic N) is 2. The molecule has 1 heterocycles. The molecule has 26 heavy (non-hydrogen) atoms. The molecule has 1 unspecified atom stereocenters. The first kappa shape index (κ1) is 17.5. The highest BCUT2D eigenvalue weighted by molar-refractivity contribution is 6.15. The number of nitro benzene ring substituents is 1. The summed E-state index contributed by atoms with van der Waals surface area (Å²) in [5, 5.41) is 13.8. The highest BCUT2D eigenvalue weighted by Gasteiger charge is 2.28. The van der Waals surface area contributed by atoms with Crippen LogP contribution in [0, 0.1) is 22.0 Å². The van der Waals surface area contributed by atoms with E-state index < -0.39 is 10.8 Å². The van der Waals surface area contributed by atoms with Crippen LogP contribution in [0.15, 0.2) is 64.8 Å². The summed E-state index contributed by atoms with van der Waals surface area (Å²) in [6.45, 7) is 4.02. The standard InChI is InChI=1S/C19H17N3O4/c1-11(2)15-10-18(23)21-16-9-12(7-8-13(15)16)20-19(24)14-5-3-4-6-17(14)22(25)26/h3-11,13H,1-2H3,(H,21,23). The number of allylic oxidation sites excluding steroid dienone is 3. The fourth-order valence-corrected chi connectivity index (χ4v) is 3.01. The molecule has 3 rings (SSSR count). The predicted molar refractivity (Wildman–Crippen MR) is 96.6 cm³/mol. The molecule has 7 nitrogen and oxygen atoms in total. The Kier molecular flexibility index (Phi) is 4.62. The van der Waals surface area contributed by atoms with Gasteiger partial charge in [0.05, 0.1) is 10.6 Å². The molecular formula is C19H17N3O4. The lowest BCUT2D eigenvalue weighted by atomic mass is 9.82. The van der Waals surface area contributed by atoms with E-state index in [1.165, 1.54) is 18.2 Å². The average Bonchev–Trinajstić information content (AvgIpc) is 2.60. The minimum Gasteiger partial charge on any atom is -0.325 e. The maximum atomic E-state index is 12.4. The molecule has 132 valence electrons. The van der Waals surface area contributed by atoms with E-state index >= 15 is 0 Å². The lowest BCUT2D eigenvalue weighted by Gasteiger charge is -2.29. The second-order valence-corrected chi connectivity index (χ2v) is 6.34. The van der Waals surface area contributed by atoms with Crippen LogP contribution in [0.3, 0.4) is 0 Å². The molecule has 0 bridgehead atoms. The molecule has 1 aromatic rings. The van der Waals surface area contributed by atoms with Crippen LogP contribution in [0.5, 0.6) is 0 Å². The van der Waals surface area contributed by atoms with Crippen molar-refractivity contribution in [3.63, 3.8) is 0 Å². The number of carbonyl (C=O) groups is 2. The molecule has 0 spiro atoms. The largest absolute Gasteiger partial charge is 0.325 e. The van der Waals surface area contributed by atoms with Crippen molar-refractivity contribution < 1.29 is 14.5 Å². The SMILES string of the molecule is CC(C)C1=CC(=O)NC2=CC(=NC(=O)c3ccccc3[N+](=O)[O-])C=CC21. The molecule has 1 aliphatic heterocycles.